The van der Waals surface area contributed by atoms with Crippen LogP contribution in [0.4, 0.5) is 5.69 Å². The summed E-state index contributed by atoms with van der Waals surface area (Å²) in [7, 11) is 0. The first-order valence-corrected chi connectivity index (χ1v) is 12.1. The maximum Gasteiger partial charge on any atom is 0.174 e. The van der Waals surface area contributed by atoms with Gasteiger partial charge >= 0.3 is 0 Å². The normalized spacial score (nSPS) is 17.9. The van der Waals surface area contributed by atoms with Gasteiger partial charge in [0.1, 0.15) is 17.6 Å². The molecule has 0 aliphatic carbocycles. The third-order valence-electron chi connectivity index (χ3n) is 5.89. The van der Waals surface area contributed by atoms with Crippen molar-refractivity contribution in [2.24, 2.45) is 0 Å². The molecule has 3 heterocycles. The maximum atomic E-state index is 6.42. The van der Waals surface area contributed by atoms with Crippen LogP contribution < -0.4 is 10.2 Å². The Kier molecular flexibility index (Phi) is 5.99. The van der Waals surface area contributed by atoms with E-state index in [0.717, 1.165) is 44.1 Å². The third-order valence-corrected chi connectivity index (χ3v) is 7.50. The van der Waals surface area contributed by atoms with Crippen molar-refractivity contribution in [2.45, 2.75) is 25.9 Å². The summed E-state index contributed by atoms with van der Waals surface area (Å²) in [6, 6.07) is 21.7. The standard InChI is InChI=1S/C26H21BrClN3OS/c1-15-6-7-17(14-20(15)28)22-10-11-23(32-22)25-24(21-5-3-4-12-29-21)30-26(33)31(25)18-8-9-19(27)16(2)13-18/h3-14,24-25H,1-2H3,(H,30,33)/t24-,25-/m0/s1. The van der Waals surface area contributed by atoms with E-state index in [2.05, 4.69) is 50.2 Å². The molecular weight excluding hydrogens is 518 g/mol. The highest BCUT2D eigenvalue weighted by atomic mass is 79.9. The van der Waals surface area contributed by atoms with E-state index in [1.807, 2.05) is 61.5 Å². The van der Waals surface area contributed by atoms with Crippen LogP contribution in [-0.2, 0) is 0 Å². The van der Waals surface area contributed by atoms with Gasteiger partial charge in [-0.2, -0.15) is 0 Å². The van der Waals surface area contributed by atoms with Gasteiger partial charge in [-0.15, -0.1) is 0 Å². The number of benzene rings is 2. The minimum Gasteiger partial charge on any atom is -0.459 e. The predicted molar refractivity (Wildman–Crippen MR) is 141 cm³/mol. The fourth-order valence-electron chi connectivity index (χ4n) is 4.11. The van der Waals surface area contributed by atoms with E-state index in [0.29, 0.717) is 10.1 Å². The smallest absolute Gasteiger partial charge is 0.174 e. The fourth-order valence-corrected chi connectivity index (χ4v) is 4.89. The topological polar surface area (TPSA) is 41.3 Å². The SMILES string of the molecule is Cc1ccc(-c2ccc([C@H]3[C@H](c4ccccn4)NC(=S)N3c3ccc(Br)c(C)c3)o2)cc1Cl. The number of nitrogens with zero attached hydrogens (tertiary/aromatic N) is 2. The molecular formula is C26H21BrClN3OS. The fraction of sp³-hybridized carbons (Fsp3) is 0.154. The second kappa shape index (κ2) is 8.93. The number of hydrogen-bond acceptors (Lipinski definition) is 3. The lowest BCUT2D eigenvalue weighted by Crippen LogP contribution is -2.29. The van der Waals surface area contributed by atoms with Crippen molar-refractivity contribution in [3.63, 3.8) is 0 Å². The zero-order valence-electron chi connectivity index (χ0n) is 18.0. The van der Waals surface area contributed by atoms with Crippen LogP contribution in [0.1, 0.15) is 34.7 Å². The number of anilines is 1. The highest BCUT2D eigenvalue weighted by Crippen LogP contribution is 2.43. The quantitative estimate of drug-likeness (QED) is 0.272. The van der Waals surface area contributed by atoms with E-state index in [4.69, 9.17) is 28.2 Å². The third kappa shape index (κ3) is 4.19. The van der Waals surface area contributed by atoms with Gasteiger partial charge in [-0.25, -0.2) is 0 Å². The monoisotopic (exact) mass is 537 g/mol. The highest BCUT2D eigenvalue weighted by molar-refractivity contribution is 9.10. The van der Waals surface area contributed by atoms with Crippen molar-refractivity contribution in [1.29, 1.82) is 0 Å². The van der Waals surface area contributed by atoms with Crippen molar-refractivity contribution in [3.8, 4) is 11.3 Å². The van der Waals surface area contributed by atoms with Crippen LogP contribution in [-0.4, -0.2) is 10.1 Å². The molecule has 2 aromatic heterocycles. The minimum absolute atomic E-state index is 0.164. The van der Waals surface area contributed by atoms with Gasteiger partial charge in [0.05, 0.1) is 11.7 Å². The number of rotatable bonds is 4. The Hall–Kier alpha value is -2.67. The molecule has 2 atom stereocenters. The van der Waals surface area contributed by atoms with E-state index >= 15 is 0 Å². The first-order chi connectivity index (χ1) is 15.9. The lowest BCUT2D eigenvalue weighted by Gasteiger charge is -2.26. The molecule has 5 rings (SSSR count). The van der Waals surface area contributed by atoms with Crippen molar-refractivity contribution in [2.75, 3.05) is 4.90 Å². The number of aryl methyl sites for hydroxylation is 2. The van der Waals surface area contributed by atoms with Gasteiger partial charge < -0.3 is 14.6 Å². The van der Waals surface area contributed by atoms with Crippen LogP contribution in [0.5, 0.6) is 0 Å². The predicted octanol–water partition coefficient (Wildman–Crippen LogP) is 7.55. The molecule has 1 aliphatic rings. The molecule has 2 aromatic carbocycles. The first kappa shape index (κ1) is 22.1. The molecule has 0 radical (unpaired) electrons. The number of aromatic nitrogens is 1. The molecule has 4 nitrogen and oxygen atoms in total. The zero-order valence-corrected chi connectivity index (χ0v) is 21.2. The largest absolute Gasteiger partial charge is 0.459 e. The van der Waals surface area contributed by atoms with Crippen LogP contribution in [0.15, 0.2) is 81.8 Å². The molecule has 33 heavy (non-hydrogen) atoms. The summed E-state index contributed by atoms with van der Waals surface area (Å²) < 4.78 is 7.47. The summed E-state index contributed by atoms with van der Waals surface area (Å²) in [5, 5.41) is 4.82. The Labute approximate surface area is 211 Å². The second-order valence-corrected chi connectivity index (χ2v) is 9.74. The average Bonchev–Trinajstić information content (AvgIpc) is 3.43. The van der Waals surface area contributed by atoms with Crippen molar-refractivity contribution < 1.29 is 4.42 Å². The lowest BCUT2D eigenvalue weighted by atomic mass is 10.0. The molecule has 0 saturated carbocycles. The van der Waals surface area contributed by atoms with Crippen LogP contribution in [0.3, 0.4) is 0 Å². The molecule has 1 aliphatic heterocycles. The Bertz CT molecular complexity index is 1340. The van der Waals surface area contributed by atoms with Crippen LogP contribution in [0.25, 0.3) is 11.3 Å². The Morgan fingerprint density at radius 1 is 1.03 bits per heavy atom. The van der Waals surface area contributed by atoms with Gasteiger partial charge in [-0.3, -0.25) is 4.98 Å². The number of hydrogen-bond donors (Lipinski definition) is 1. The van der Waals surface area contributed by atoms with Gasteiger partial charge in [-0.1, -0.05) is 45.7 Å². The van der Waals surface area contributed by atoms with E-state index in [1.54, 1.807) is 6.20 Å². The van der Waals surface area contributed by atoms with Crippen LogP contribution >= 0.6 is 39.7 Å². The molecule has 1 fully saturated rings. The molecule has 0 unspecified atom stereocenters. The number of furan rings is 1. The highest BCUT2D eigenvalue weighted by Gasteiger charge is 2.42. The maximum absolute atomic E-state index is 6.42. The van der Waals surface area contributed by atoms with Gasteiger partial charge in [0.2, 0.25) is 0 Å². The molecule has 0 bridgehead atoms. The Balaban J connectivity index is 1.61. The molecule has 0 amide bonds. The zero-order chi connectivity index (χ0) is 23.1. The van der Waals surface area contributed by atoms with Crippen LogP contribution in [0.2, 0.25) is 5.02 Å². The summed E-state index contributed by atoms with van der Waals surface area (Å²) in [6.45, 7) is 4.05. The molecule has 166 valence electrons. The Morgan fingerprint density at radius 3 is 2.61 bits per heavy atom. The van der Waals surface area contributed by atoms with Gasteiger partial charge in [0, 0.05) is 26.9 Å². The summed E-state index contributed by atoms with van der Waals surface area (Å²) in [6.07, 6.45) is 1.80. The number of nitrogens with one attached hydrogen (secondary N) is 1. The summed E-state index contributed by atoms with van der Waals surface area (Å²) in [5.74, 6) is 1.56. The molecule has 4 aromatic rings. The van der Waals surface area contributed by atoms with Crippen LogP contribution in [0, 0.1) is 13.8 Å². The summed E-state index contributed by atoms with van der Waals surface area (Å²) >= 11 is 15.8. The molecule has 1 N–H and O–H groups in total. The minimum atomic E-state index is -0.206. The van der Waals surface area contributed by atoms with Gasteiger partial charge in [-0.05, 0) is 85.7 Å². The van der Waals surface area contributed by atoms with E-state index < -0.39 is 0 Å². The van der Waals surface area contributed by atoms with Gasteiger partial charge in [0.25, 0.3) is 0 Å². The first-order valence-electron chi connectivity index (χ1n) is 10.6. The van der Waals surface area contributed by atoms with Crippen molar-refractivity contribution in [1.82, 2.24) is 10.3 Å². The lowest BCUT2D eigenvalue weighted by molar-refractivity contribution is 0.439. The molecule has 0 spiro atoms. The Morgan fingerprint density at radius 2 is 1.88 bits per heavy atom. The van der Waals surface area contributed by atoms with Gasteiger partial charge in [0.15, 0.2) is 5.11 Å². The molecule has 7 heteroatoms. The number of pyridine rings is 1. The number of thiocarbonyl (C=S) groups is 1. The van der Waals surface area contributed by atoms with E-state index in [1.165, 1.54) is 0 Å². The van der Waals surface area contributed by atoms with Crippen molar-refractivity contribution >= 4 is 50.5 Å². The van der Waals surface area contributed by atoms with Crippen molar-refractivity contribution in [3.05, 3.63) is 105 Å². The van der Waals surface area contributed by atoms with E-state index in [-0.39, 0.29) is 12.1 Å². The van der Waals surface area contributed by atoms with E-state index in [9.17, 15) is 0 Å². The number of halogens is 2. The summed E-state index contributed by atoms with van der Waals surface area (Å²) in [5.41, 5.74) is 4.99. The average molecular weight is 539 g/mol. The second-order valence-electron chi connectivity index (χ2n) is 8.10. The molecule has 1 saturated heterocycles. The summed E-state index contributed by atoms with van der Waals surface area (Å²) in [4.78, 5) is 6.71.